The molecule has 3 aliphatic carbocycles. The van der Waals surface area contributed by atoms with Crippen molar-refractivity contribution in [3.05, 3.63) is 107 Å². The summed E-state index contributed by atoms with van der Waals surface area (Å²) in [5.74, 6) is 0.960. The molecule has 0 radical (unpaired) electrons. The van der Waals surface area contributed by atoms with Crippen molar-refractivity contribution in [3.63, 3.8) is 0 Å². The molecule has 0 aliphatic heterocycles. The highest BCUT2D eigenvalue weighted by Crippen LogP contribution is 2.54. The highest BCUT2D eigenvalue weighted by molar-refractivity contribution is 5.61. The number of hydrogen-bond acceptors (Lipinski definition) is 0. The topological polar surface area (TPSA) is 0 Å². The Kier molecular flexibility index (Phi) is 5.15. The fourth-order valence-electron chi connectivity index (χ4n) is 4.02. The molecule has 0 spiro atoms. The number of rotatable bonds is 3. The standard InChI is InChI=1S/C22H20.C2H6/c1-2-3-4-5-10-16-15-21-17-11-6-8-13-19(17)22(16)20-14-9-7-12-18(20)21;1-2/h2,4-14,21-22H,1,3,15H2;1-2H3/b5-4-,16-10+;. The monoisotopic (exact) mass is 314 g/mol. The van der Waals surface area contributed by atoms with Gasteiger partial charge in [0.25, 0.3) is 0 Å². The van der Waals surface area contributed by atoms with E-state index in [0.29, 0.717) is 11.8 Å². The first-order valence-corrected chi connectivity index (χ1v) is 9.04. The van der Waals surface area contributed by atoms with Gasteiger partial charge in [-0.2, -0.15) is 0 Å². The van der Waals surface area contributed by atoms with E-state index in [-0.39, 0.29) is 0 Å². The molecular weight excluding hydrogens is 288 g/mol. The molecule has 0 amide bonds. The predicted molar refractivity (Wildman–Crippen MR) is 105 cm³/mol. The van der Waals surface area contributed by atoms with Crippen molar-refractivity contribution in [1.82, 2.24) is 0 Å². The molecule has 5 rings (SSSR count). The fourth-order valence-corrected chi connectivity index (χ4v) is 4.02. The van der Waals surface area contributed by atoms with Gasteiger partial charge < -0.3 is 0 Å². The van der Waals surface area contributed by atoms with E-state index in [1.165, 1.54) is 22.3 Å². The first-order chi connectivity index (χ1) is 11.9. The SMILES string of the molecule is C=CC/C=C\C=C1/CC2c3ccccc3C1c1ccccc12.CC. The van der Waals surface area contributed by atoms with Gasteiger partial charge in [-0.1, -0.05) is 92.3 Å². The Balaban J connectivity index is 0.000000815. The molecule has 24 heavy (non-hydrogen) atoms. The molecular formula is C24H26. The molecule has 0 heterocycles. The van der Waals surface area contributed by atoms with Gasteiger partial charge in [-0.3, -0.25) is 0 Å². The molecule has 0 nitrogen and oxygen atoms in total. The van der Waals surface area contributed by atoms with E-state index in [1.54, 1.807) is 5.57 Å². The van der Waals surface area contributed by atoms with Gasteiger partial charge >= 0.3 is 0 Å². The maximum atomic E-state index is 3.77. The van der Waals surface area contributed by atoms with Crippen molar-refractivity contribution < 1.29 is 0 Å². The second kappa shape index (κ2) is 7.49. The van der Waals surface area contributed by atoms with Crippen molar-refractivity contribution in [2.75, 3.05) is 0 Å². The van der Waals surface area contributed by atoms with E-state index < -0.39 is 0 Å². The van der Waals surface area contributed by atoms with Crippen molar-refractivity contribution in [3.8, 4) is 0 Å². The summed E-state index contributed by atoms with van der Waals surface area (Å²) in [5.41, 5.74) is 7.60. The molecule has 0 fully saturated rings. The highest BCUT2D eigenvalue weighted by atomic mass is 14.4. The molecule has 0 unspecified atom stereocenters. The van der Waals surface area contributed by atoms with E-state index in [0.717, 1.165) is 12.8 Å². The highest BCUT2D eigenvalue weighted by Gasteiger charge is 2.39. The lowest BCUT2D eigenvalue weighted by molar-refractivity contribution is 0.634. The van der Waals surface area contributed by atoms with Crippen LogP contribution >= 0.6 is 0 Å². The first kappa shape index (κ1) is 16.5. The second-order valence-corrected chi connectivity index (χ2v) is 6.14. The molecule has 3 aliphatic rings. The molecule has 2 aromatic carbocycles. The fraction of sp³-hybridized carbons (Fsp3) is 0.250. The third kappa shape index (κ3) is 2.78. The zero-order chi connectivity index (χ0) is 16.9. The Labute approximate surface area is 146 Å². The Bertz CT molecular complexity index is 729. The summed E-state index contributed by atoms with van der Waals surface area (Å²) in [6, 6.07) is 17.9. The van der Waals surface area contributed by atoms with E-state index in [4.69, 9.17) is 0 Å². The minimum atomic E-state index is 0.436. The first-order valence-electron chi connectivity index (χ1n) is 9.04. The van der Waals surface area contributed by atoms with Crippen LogP contribution in [0.15, 0.2) is 85.0 Å². The second-order valence-electron chi connectivity index (χ2n) is 6.14. The van der Waals surface area contributed by atoms with Crippen LogP contribution in [0.3, 0.4) is 0 Å². The summed E-state index contributed by atoms with van der Waals surface area (Å²) in [6.07, 6.45) is 10.7. The van der Waals surface area contributed by atoms with Crippen LogP contribution in [0.5, 0.6) is 0 Å². The Morgan fingerprint density at radius 2 is 1.46 bits per heavy atom. The number of allylic oxidation sites excluding steroid dienone is 5. The zero-order valence-corrected chi connectivity index (χ0v) is 14.7. The van der Waals surface area contributed by atoms with Gasteiger partial charge in [-0.15, -0.1) is 6.58 Å². The minimum absolute atomic E-state index is 0.436. The summed E-state index contributed by atoms with van der Waals surface area (Å²) in [7, 11) is 0. The molecule has 2 bridgehead atoms. The Morgan fingerprint density at radius 1 is 0.917 bits per heavy atom. The summed E-state index contributed by atoms with van der Waals surface area (Å²) in [4.78, 5) is 0. The molecule has 0 atom stereocenters. The van der Waals surface area contributed by atoms with Crippen LogP contribution in [-0.2, 0) is 0 Å². The van der Waals surface area contributed by atoms with Gasteiger partial charge in [0, 0.05) is 11.8 Å². The van der Waals surface area contributed by atoms with Crippen molar-refractivity contribution in [2.24, 2.45) is 0 Å². The average molecular weight is 314 g/mol. The maximum absolute atomic E-state index is 3.77. The van der Waals surface area contributed by atoms with Crippen LogP contribution < -0.4 is 0 Å². The van der Waals surface area contributed by atoms with E-state index in [2.05, 4.69) is 73.3 Å². The summed E-state index contributed by atoms with van der Waals surface area (Å²) in [6.45, 7) is 7.77. The number of fused-ring (bicyclic) bond motifs is 1. The predicted octanol–water partition coefficient (Wildman–Crippen LogP) is 6.75. The van der Waals surface area contributed by atoms with Gasteiger partial charge in [-0.25, -0.2) is 0 Å². The van der Waals surface area contributed by atoms with E-state index in [1.807, 2.05) is 19.9 Å². The third-order valence-electron chi connectivity index (χ3n) is 4.92. The van der Waals surface area contributed by atoms with Gasteiger partial charge in [0.15, 0.2) is 0 Å². The van der Waals surface area contributed by atoms with Gasteiger partial charge in [0.2, 0.25) is 0 Å². The summed E-state index contributed by atoms with van der Waals surface area (Å²) in [5, 5.41) is 0. The van der Waals surface area contributed by atoms with Crippen LogP contribution in [0.2, 0.25) is 0 Å². The largest absolute Gasteiger partial charge is 0.103 e. The minimum Gasteiger partial charge on any atom is -0.103 e. The molecule has 2 aromatic rings. The van der Waals surface area contributed by atoms with Crippen LogP contribution in [0.1, 0.15) is 60.8 Å². The number of hydrogen-bond donors (Lipinski definition) is 0. The Hall–Kier alpha value is -2.34. The van der Waals surface area contributed by atoms with Crippen LogP contribution in [0.25, 0.3) is 0 Å². The van der Waals surface area contributed by atoms with Crippen molar-refractivity contribution in [1.29, 1.82) is 0 Å². The van der Waals surface area contributed by atoms with Crippen LogP contribution in [-0.4, -0.2) is 0 Å². The van der Waals surface area contributed by atoms with Crippen LogP contribution in [0.4, 0.5) is 0 Å². The Morgan fingerprint density at radius 3 is 2.00 bits per heavy atom. The lowest BCUT2D eigenvalue weighted by atomic mass is 9.61. The normalized spacial score (nSPS) is 21.8. The zero-order valence-electron chi connectivity index (χ0n) is 14.7. The average Bonchev–Trinajstić information content (AvgIpc) is 2.67. The van der Waals surface area contributed by atoms with Gasteiger partial charge in [0.1, 0.15) is 0 Å². The maximum Gasteiger partial charge on any atom is 0.0308 e. The summed E-state index contributed by atoms with van der Waals surface area (Å²) >= 11 is 0. The lowest BCUT2D eigenvalue weighted by Gasteiger charge is -2.42. The molecule has 0 saturated heterocycles. The molecule has 0 saturated carbocycles. The molecule has 0 N–H and O–H groups in total. The van der Waals surface area contributed by atoms with Crippen molar-refractivity contribution >= 4 is 0 Å². The smallest absolute Gasteiger partial charge is 0.0308 e. The summed E-state index contributed by atoms with van der Waals surface area (Å²) < 4.78 is 0. The molecule has 0 heteroatoms. The van der Waals surface area contributed by atoms with Crippen LogP contribution in [0, 0.1) is 0 Å². The molecule has 122 valence electrons. The molecule has 0 aromatic heterocycles. The van der Waals surface area contributed by atoms with Gasteiger partial charge in [-0.05, 0) is 35.1 Å². The number of benzene rings is 2. The quantitative estimate of drug-likeness (QED) is 0.549. The van der Waals surface area contributed by atoms with E-state index in [9.17, 15) is 0 Å². The third-order valence-corrected chi connectivity index (χ3v) is 4.92. The lowest BCUT2D eigenvalue weighted by Crippen LogP contribution is -2.26. The van der Waals surface area contributed by atoms with Gasteiger partial charge in [0.05, 0.1) is 0 Å². The van der Waals surface area contributed by atoms with E-state index >= 15 is 0 Å². The van der Waals surface area contributed by atoms with Crippen molar-refractivity contribution in [2.45, 2.75) is 38.5 Å².